The van der Waals surface area contributed by atoms with Gasteiger partial charge in [-0.05, 0) is 22.1 Å². The Morgan fingerprint density at radius 1 is 1.29 bits per heavy atom. The molecule has 1 aromatic heterocycles. The summed E-state index contributed by atoms with van der Waals surface area (Å²) in [5, 5.41) is 15.1. The van der Waals surface area contributed by atoms with Crippen LogP contribution in [0.4, 0.5) is 11.6 Å². The second-order valence-corrected chi connectivity index (χ2v) is 4.06. The van der Waals surface area contributed by atoms with Crippen LogP contribution in [0.2, 0.25) is 0 Å². The van der Waals surface area contributed by atoms with Crippen molar-refractivity contribution in [3.63, 3.8) is 0 Å². The van der Waals surface area contributed by atoms with Gasteiger partial charge in [-0.25, -0.2) is 4.68 Å². The zero-order chi connectivity index (χ0) is 11.7. The van der Waals surface area contributed by atoms with E-state index in [1.807, 2.05) is 13.1 Å². The second kappa shape index (κ2) is 4.14. The van der Waals surface area contributed by atoms with Crippen molar-refractivity contribution in [2.24, 2.45) is 7.05 Å². The maximum absolute atomic E-state index is 4.08. The van der Waals surface area contributed by atoms with E-state index in [1.54, 1.807) is 4.68 Å². The van der Waals surface area contributed by atoms with E-state index in [-0.39, 0.29) is 0 Å². The van der Waals surface area contributed by atoms with Crippen molar-refractivity contribution in [3.05, 3.63) is 29.8 Å². The lowest BCUT2D eigenvalue weighted by molar-refractivity contribution is 0.685. The maximum atomic E-state index is 4.08. The third-order valence-corrected chi connectivity index (χ3v) is 2.95. The largest absolute Gasteiger partial charge is 0.311 e. The molecule has 1 aliphatic rings. The molecule has 3 rings (SSSR count). The van der Waals surface area contributed by atoms with Gasteiger partial charge in [0.2, 0.25) is 5.95 Å². The Labute approximate surface area is 99.2 Å². The molecule has 0 atom stereocenters. The lowest BCUT2D eigenvalue weighted by Gasteiger charge is -2.21. The first-order valence-corrected chi connectivity index (χ1v) is 5.65. The quantitative estimate of drug-likeness (QED) is 0.771. The van der Waals surface area contributed by atoms with Crippen molar-refractivity contribution in [2.75, 3.05) is 18.0 Å². The number of hydrogen-bond donors (Lipinski definition) is 1. The summed E-state index contributed by atoms with van der Waals surface area (Å²) in [5.41, 5.74) is 2.45. The highest BCUT2D eigenvalue weighted by Gasteiger charge is 2.19. The van der Waals surface area contributed by atoms with Gasteiger partial charge in [0, 0.05) is 32.4 Å². The first-order valence-electron chi connectivity index (χ1n) is 5.65. The molecule has 0 aliphatic carbocycles. The molecule has 0 radical (unpaired) electrons. The third kappa shape index (κ3) is 1.76. The monoisotopic (exact) mass is 230 g/mol. The first kappa shape index (κ1) is 10.2. The van der Waals surface area contributed by atoms with Crippen LogP contribution in [0.5, 0.6) is 0 Å². The number of rotatable bonds is 1. The standard InChI is InChI=1S/C11H14N6/c1-16-11(13-14-15-16)17-7-6-12-8-9-4-2-3-5-10(9)17/h2-5,12H,6-8H2,1H3. The summed E-state index contributed by atoms with van der Waals surface area (Å²) in [6, 6.07) is 8.33. The highest BCUT2D eigenvalue weighted by molar-refractivity contribution is 5.62. The Hall–Kier alpha value is -1.95. The van der Waals surface area contributed by atoms with Crippen molar-refractivity contribution >= 4 is 11.6 Å². The SMILES string of the molecule is Cn1nnnc1N1CCNCc2ccccc21. The Bertz CT molecular complexity index is 520. The van der Waals surface area contributed by atoms with E-state index in [0.717, 1.165) is 25.6 Å². The van der Waals surface area contributed by atoms with Gasteiger partial charge in [-0.1, -0.05) is 23.3 Å². The molecule has 1 N–H and O–H groups in total. The Balaban J connectivity index is 2.09. The molecule has 0 fully saturated rings. The van der Waals surface area contributed by atoms with Crippen LogP contribution in [0, 0.1) is 0 Å². The summed E-state index contributed by atoms with van der Waals surface area (Å²) in [4.78, 5) is 2.15. The molecule has 0 bridgehead atoms. The van der Waals surface area contributed by atoms with Crippen molar-refractivity contribution < 1.29 is 0 Å². The number of para-hydroxylation sites is 1. The van der Waals surface area contributed by atoms with E-state index in [9.17, 15) is 0 Å². The smallest absolute Gasteiger partial charge is 0.249 e. The molecule has 6 heteroatoms. The normalized spacial score (nSPS) is 15.5. The van der Waals surface area contributed by atoms with Gasteiger partial charge < -0.3 is 10.2 Å². The highest BCUT2D eigenvalue weighted by Crippen LogP contribution is 2.27. The number of aryl methyl sites for hydroxylation is 1. The predicted octanol–water partition coefficient (Wildman–Crippen LogP) is 0.451. The van der Waals surface area contributed by atoms with E-state index in [1.165, 1.54) is 11.3 Å². The Morgan fingerprint density at radius 3 is 3.00 bits per heavy atom. The second-order valence-electron chi connectivity index (χ2n) is 4.06. The molecule has 88 valence electrons. The van der Waals surface area contributed by atoms with Gasteiger partial charge >= 0.3 is 0 Å². The van der Waals surface area contributed by atoms with Gasteiger partial charge in [0.1, 0.15) is 0 Å². The average molecular weight is 230 g/mol. The number of aromatic nitrogens is 4. The molecule has 1 aromatic carbocycles. The fourth-order valence-electron chi connectivity index (χ4n) is 2.12. The molecule has 2 aromatic rings. The van der Waals surface area contributed by atoms with Crippen molar-refractivity contribution in [1.29, 1.82) is 0 Å². The lowest BCUT2D eigenvalue weighted by atomic mass is 10.1. The van der Waals surface area contributed by atoms with Crippen LogP contribution in [0.15, 0.2) is 24.3 Å². The summed E-state index contributed by atoms with van der Waals surface area (Å²) in [6.45, 7) is 2.67. The molecule has 17 heavy (non-hydrogen) atoms. The minimum Gasteiger partial charge on any atom is -0.311 e. The zero-order valence-corrected chi connectivity index (χ0v) is 9.67. The minimum atomic E-state index is 0.779. The molecule has 0 saturated heterocycles. The van der Waals surface area contributed by atoms with E-state index in [2.05, 4.69) is 43.9 Å². The molecule has 0 spiro atoms. The van der Waals surface area contributed by atoms with E-state index >= 15 is 0 Å². The minimum absolute atomic E-state index is 0.779. The molecular weight excluding hydrogens is 216 g/mol. The van der Waals surface area contributed by atoms with Gasteiger partial charge in [-0.15, -0.1) is 0 Å². The Kier molecular flexibility index (Phi) is 2.49. The number of nitrogens with one attached hydrogen (secondary N) is 1. The number of benzene rings is 1. The molecule has 0 saturated carbocycles. The van der Waals surface area contributed by atoms with E-state index in [4.69, 9.17) is 0 Å². The Morgan fingerprint density at radius 2 is 2.18 bits per heavy atom. The number of anilines is 2. The summed E-state index contributed by atoms with van der Waals surface area (Å²) in [5.74, 6) is 0.779. The average Bonchev–Trinajstić information content (AvgIpc) is 2.66. The zero-order valence-electron chi connectivity index (χ0n) is 9.67. The van der Waals surface area contributed by atoms with E-state index < -0.39 is 0 Å². The fraction of sp³-hybridized carbons (Fsp3) is 0.364. The van der Waals surface area contributed by atoms with Gasteiger partial charge in [0.05, 0.1) is 0 Å². The fourth-order valence-corrected chi connectivity index (χ4v) is 2.12. The number of tetrazole rings is 1. The molecule has 2 heterocycles. The van der Waals surface area contributed by atoms with E-state index in [0.29, 0.717) is 0 Å². The summed E-state index contributed by atoms with van der Waals surface area (Å²) >= 11 is 0. The van der Waals surface area contributed by atoms with Crippen LogP contribution < -0.4 is 10.2 Å². The summed E-state index contributed by atoms with van der Waals surface area (Å²) in [6.07, 6.45) is 0. The maximum Gasteiger partial charge on any atom is 0.249 e. The van der Waals surface area contributed by atoms with Gasteiger partial charge in [0.25, 0.3) is 0 Å². The summed E-state index contributed by atoms with van der Waals surface area (Å²) < 4.78 is 1.70. The van der Waals surface area contributed by atoms with Gasteiger partial charge in [-0.2, -0.15) is 0 Å². The van der Waals surface area contributed by atoms with Gasteiger partial charge in [0.15, 0.2) is 0 Å². The van der Waals surface area contributed by atoms with Crippen LogP contribution in [-0.4, -0.2) is 33.3 Å². The number of fused-ring (bicyclic) bond motifs is 1. The van der Waals surface area contributed by atoms with Crippen LogP contribution in [0.3, 0.4) is 0 Å². The molecule has 0 unspecified atom stereocenters. The molecule has 1 aliphatic heterocycles. The molecule has 0 amide bonds. The topological polar surface area (TPSA) is 58.9 Å². The third-order valence-electron chi connectivity index (χ3n) is 2.95. The van der Waals surface area contributed by atoms with Crippen LogP contribution in [-0.2, 0) is 13.6 Å². The van der Waals surface area contributed by atoms with Crippen molar-refractivity contribution in [1.82, 2.24) is 25.5 Å². The first-order chi connectivity index (χ1) is 8.36. The lowest BCUT2D eigenvalue weighted by Crippen LogP contribution is -2.26. The van der Waals surface area contributed by atoms with Crippen LogP contribution >= 0.6 is 0 Å². The van der Waals surface area contributed by atoms with Crippen LogP contribution in [0.1, 0.15) is 5.56 Å². The summed E-state index contributed by atoms with van der Waals surface area (Å²) in [7, 11) is 1.86. The van der Waals surface area contributed by atoms with Crippen LogP contribution in [0.25, 0.3) is 0 Å². The number of hydrogen-bond acceptors (Lipinski definition) is 5. The highest BCUT2D eigenvalue weighted by atomic mass is 15.6. The molecular formula is C11H14N6. The van der Waals surface area contributed by atoms with Gasteiger partial charge in [-0.3, -0.25) is 0 Å². The predicted molar refractivity (Wildman–Crippen MR) is 64.0 cm³/mol. The van der Waals surface area contributed by atoms with Crippen molar-refractivity contribution in [2.45, 2.75) is 6.54 Å². The van der Waals surface area contributed by atoms with Crippen molar-refractivity contribution in [3.8, 4) is 0 Å². The molecule has 6 nitrogen and oxygen atoms in total. The number of nitrogens with zero attached hydrogens (tertiary/aromatic N) is 5.